The Balaban J connectivity index is 2.16. The molecule has 2 rings (SSSR count). The minimum atomic E-state index is -0.141. The highest BCUT2D eigenvalue weighted by atomic mass is 16.2. The molecular weight excluding hydrogens is 236 g/mol. The first-order valence-electron chi connectivity index (χ1n) is 6.67. The monoisotopic (exact) mass is 254 g/mol. The van der Waals surface area contributed by atoms with Crippen LogP contribution in [0, 0.1) is 17.2 Å². The van der Waals surface area contributed by atoms with Gasteiger partial charge in [-0.05, 0) is 30.4 Å². The van der Waals surface area contributed by atoms with Crippen LogP contribution in [0.1, 0.15) is 25.3 Å². The number of amides is 1. The first-order valence-corrected chi connectivity index (χ1v) is 6.67. The van der Waals surface area contributed by atoms with Crippen molar-refractivity contribution in [2.45, 2.75) is 19.8 Å². The highest BCUT2D eigenvalue weighted by molar-refractivity contribution is 6.01. The van der Waals surface area contributed by atoms with Crippen molar-refractivity contribution in [2.75, 3.05) is 13.1 Å². The average molecular weight is 254 g/mol. The van der Waals surface area contributed by atoms with Gasteiger partial charge in [-0.25, -0.2) is 0 Å². The third-order valence-electron chi connectivity index (χ3n) is 3.41. The van der Waals surface area contributed by atoms with Gasteiger partial charge in [-0.1, -0.05) is 37.3 Å². The smallest absolute Gasteiger partial charge is 0.264 e. The van der Waals surface area contributed by atoms with Gasteiger partial charge in [0.05, 0.1) is 0 Å². The van der Waals surface area contributed by atoms with Crippen LogP contribution in [0.2, 0.25) is 0 Å². The van der Waals surface area contributed by atoms with Gasteiger partial charge in [0.2, 0.25) is 0 Å². The van der Waals surface area contributed by atoms with E-state index in [0.717, 1.165) is 31.5 Å². The molecule has 1 fully saturated rings. The summed E-state index contributed by atoms with van der Waals surface area (Å²) in [6.45, 7) is 3.66. The van der Waals surface area contributed by atoms with Gasteiger partial charge in [0.1, 0.15) is 11.6 Å². The molecule has 1 saturated heterocycles. The van der Waals surface area contributed by atoms with Crippen LogP contribution in [-0.4, -0.2) is 23.9 Å². The van der Waals surface area contributed by atoms with Crippen LogP contribution < -0.4 is 0 Å². The van der Waals surface area contributed by atoms with Crippen LogP contribution in [0.5, 0.6) is 0 Å². The van der Waals surface area contributed by atoms with E-state index in [0.29, 0.717) is 5.92 Å². The second-order valence-corrected chi connectivity index (χ2v) is 5.08. The lowest BCUT2D eigenvalue weighted by Gasteiger charge is -2.30. The fraction of sp³-hybridized carbons (Fsp3) is 0.375. The van der Waals surface area contributed by atoms with Crippen LogP contribution in [0.15, 0.2) is 35.9 Å². The summed E-state index contributed by atoms with van der Waals surface area (Å²) in [4.78, 5) is 14.1. The van der Waals surface area contributed by atoms with Gasteiger partial charge in [-0.3, -0.25) is 4.79 Å². The van der Waals surface area contributed by atoms with Crippen molar-refractivity contribution in [2.24, 2.45) is 5.92 Å². The van der Waals surface area contributed by atoms with Gasteiger partial charge in [0, 0.05) is 13.1 Å². The minimum absolute atomic E-state index is 0.141. The highest BCUT2D eigenvalue weighted by Crippen LogP contribution is 2.18. The van der Waals surface area contributed by atoms with Crippen LogP contribution in [-0.2, 0) is 4.79 Å². The molecule has 1 aliphatic rings. The van der Waals surface area contributed by atoms with Crippen LogP contribution >= 0.6 is 0 Å². The van der Waals surface area contributed by atoms with Crippen molar-refractivity contribution in [3.63, 3.8) is 0 Å². The molecule has 98 valence electrons. The lowest BCUT2D eigenvalue weighted by Crippen LogP contribution is -2.39. The minimum Gasteiger partial charge on any atom is -0.338 e. The maximum absolute atomic E-state index is 12.3. The Morgan fingerprint density at radius 1 is 1.42 bits per heavy atom. The first kappa shape index (κ1) is 13.4. The molecule has 1 atom stereocenters. The molecule has 0 saturated carbocycles. The van der Waals surface area contributed by atoms with Crippen LogP contribution in [0.3, 0.4) is 0 Å². The Bertz CT molecular complexity index is 513. The van der Waals surface area contributed by atoms with E-state index < -0.39 is 0 Å². The maximum atomic E-state index is 12.3. The van der Waals surface area contributed by atoms with Gasteiger partial charge in [-0.15, -0.1) is 0 Å². The van der Waals surface area contributed by atoms with Crippen LogP contribution in [0.25, 0.3) is 6.08 Å². The molecule has 1 heterocycles. The van der Waals surface area contributed by atoms with E-state index in [9.17, 15) is 10.1 Å². The summed E-state index contributed by atoms with van der Waals surface area (Å²) in [5, 5.41) is 9.19. The van der Waals surface area contributed by atoms with Gasteiger partial charge < -0.3 is 4.90 Å². The van der Waals surface area contributed by atoms with Crippen molar-refractivity contribution < 1.29 is 4.79 Å². The first-order chi connectivity index (χ1) is 9.20. The summed E-state index contributed by atoms with van der Waals surface area (Å²) in [5.41, 5.74) is 1.11. The zero-order chi connectivity index (χ0) is 13.7. The molecule has 0 radical (unpaired) electrons. The summed E-state index contributed by atoms with van der Waals surface area (Å²) in [6.07, 6.45) is 3.85. The maximum Gasteiger partial charge on any atom is 0.264 e. The van der Waals surface area contributed by atoms with E-state index in [1.165, 1.54) is 0 Å². The lowest BCUT2D eigenvalue weighted by molar-refractivity contribution is -0.128. The lowest BCUT2D eigenvalue weighted by atomic mass is 9.99. The standard InChI is InChI=1S/C16H18N2O/c1-13-6-5-9-18(12-13)16(19)15(11-17)10-14-7-3-2-4-8-14/h2-4,7-8,10,13H,5-6,9,12H2,1H3. The molecule has 3 nitrogen and oxygen atoms in total. The number of likely N-dealkylation sites (tertiary alicyclic amines) is 1. The number of rotatable bonds is 2. The Labute approximate surface area is 114 Å². The predicted molar refractivity (Wildman–Crippen MR) is 75.0 cm³/mol. The van der Waals surface area contributed by atoms with E-state index in [1.54, 1.807) is 11.0 Å². The molecule has 1 amide bonds. The van der Waals surface area contributed by atoms with Crippen molar-refractivity contribution >= 4 is 12.0 Å². The Hall–Kier alpha value is -2.08. The molecule has 0 aliphatic carbocycles. The predicted octanol–water partition coefficient (Wildman–Crippen LogP) is 2.85. The summed E-state index contributed by atoms with van der Waals surface area (Å²) >= 11 is 0. The second kappa shape index (κ2) is 6.19. The quantitative estimate of drug-likeness (QED) is 0.601. The van der Waals surface area contributed by atoms with Crippen molar-refractivity contribution in [3.05, 3.63) is 41.5 Å². The zero-order valence-electron chi connectivity index (χ0n) is 11.2. The number of hydrogen-bond acceptors (Lipinski definition) is 2. The van der Waals surface area contributed by atoms with Gasteiger partial charge in [0.25, 0.3) is 5.91 Å². The summed E-state index contributed by atoms with van der Waals surface area (Å²) in [7, 11) is 0. The summed E-state index contributed by atoms with van der Waals surface area (Å²) in [6, 6.07) is 11.5. The Morgan fingerprint density at radius 2 is 2.16 bits per heavy atom. The third kappa shape index (κ3) is 3.45. The molecule has 1 aromatic carbocycles. The SMILES string of the molecule is CC1CCCN(C(=O)C(C#N)=Cc2ccccc2)C1. The molecule has 19 heavy (non-hydrogen) atoms. The van der Waals surface area contributed by atoms with Gasteiger partial charge in [0.15, 0.2) is 0 Å². The van der Waals surface area contributed by atoms with E-state index in [-0.39, 0.29) is 11.5 Å². The van der Waals surface area contributed by atoms with E-state index in [2.05, 4.69) is 6.92 Å². The van der Waals surface area contributed by atoms with Crippen molar-refractivity contribution in [3.8, 4) is 6.07 Å². The normalized spacial score (nSPS) is 19.9. The molecule has 0 N–H and O–H groups in total. The average Bonchev–Trinajstić information content (AvgIpc) is 2.45. The van der Waals surface area contributed by atoms with E-state index in [1.807, 2.05) is 36.4 Å². The number of carbonyl (C=O) groups excluding carboxylic acids is 1. The molecule has 1 aromatic rings. The van der Waals surface area contributed by atoms with Gasteiger partial charge in [-0.2, -0.15) is 5.26 Å². The number of carbonyl (C=O) groups is 1. The van der Waals surface area contributed by atoms with Gasteiger partial charge >= 0.3 is 0 Å². The highest BCUT2D eigenvalue weighted by Gasteiger charge is 2.23. The number of benzene rings is 1. The van der Waals surface area contributed by atoms with E-state index >= 15 is 0 Å². The molecule has 0 spiro atoms. The zero-order valence-corrected chi connectivity index (χ0v) is 11.2. The molecule has 0 aromatic heterocycles. The fourth-order valence-corrected chi connectivity index (χ4v) is 2.40. The molecule has 3 heteroatoms. The Morgan fingerprint density at radius 3 is 2.79 bits per heavy atom. The van der Waals surface area contributed by atoms with E-state index in [4.69, 9.17) is 0 Å². The summed E-state index contributed by atoms with van der Waals surface area (Å²) in [5.74, 6) is 0.382. The summed E-state index contributed by atoms with van der Waals surface area (Å²) < 4.78 is 0. The van der Waals surface area contributed by atoms with Crippen molar-refractivity contribution in [1.29, 1.82) is 5.26 Å². The topological polar surface area (TPSA) is 44.1 Å². The molecule has 1 unspecified atom stereocenters. The number of piperidine rings is 1. The molecular formula is C16H18N2O. The second-order valence-electron chi connectivity index (χ2n) is 5.08. The fourth-order valence-electron chi connectivity index (χ4n) is 2.40. The largest absolute Gasteiger partial charge is 0.338 e. The molecule has 1 aliphatic heterocycles. The Kier molecular flexibility index (Phi) is 4.35. The molecule has 0 bridgehead atoms. The number of hydrogen-bond donors (Lipinski definition) is 0. The number of nitrogens with zero attached hydrogens (tertiary/aromatic N) is 2. The van der Waals surface area contributed by atoms with Crippen molar-refractivity contribution in [1.82, 2.24) is 4.90 Å². The van der Waals surface area contributed by atoms with Crippen LogP contribution in [0.4, 0.5) is 0 Å². The number of nitriles is 1. The third-order valence-corrected chi connectivity index (χ3v) is 3.41.